The van der Waals surface area contributed by atoms with Crippen molar-refractivity contribution in [1.82, 2.24) is 10.2 Å². The number of nitrogens with one attached hydrogen (secondary N) is 1. The van der Waals surface area contributed by atoms with Gasteiger partial charge in [-0.25, -0.2) is 4.79 Å². The fraction of sp³-hybridized carbons (Fsp3) is 0.875. The van der Waals surface area contributed by atoms with Crippen molar-refractivity contribution in [3.05, 3.63) is 0 Å². The highest BCUT2D eigenvalue weighted by atomic mass is 16.5. The first-order chi connectivity index (χ1) is 6.18. The van der Waals surface area contributed by atoms with Gasteiger partial charge in [-0.2, -0.15) is 0 Å². The molecule has 2 N–H and O–H groups in total. The summed E-state index contributed by atoms with van der Waals surface area (Å²) in [6.07, 6.45) is -0.842. The second kappa shape index (κ2) is 2.85. The number of hydrogen-bond donors (Lipinski definition) is 2. The molecule has 2 aliphatic rings. The van der Waals surface area contributed by atoms with Crippen LogP contribution in [0.3, 0.4) is 0 Å². The minimum atomic E-state index is -0.842. The standard InChI is InChI=1S/C8H14N2O3/c1-13-8-4-9-2-6(8)3-10(5-8)7(11)12/h6,9H,2-5H2,1H3,(H,11,12)/t6-,8+/m1/s1. The molecule has 0 aromatic heterocycles. The number of carbonyl (C=O) groups is 1. The van der Waals surface area contributed by atoms with Gasteiger partial charge in [0.25, 0.3) is 0 Å². The molecule has 2 saturated heterocycles. The molecule has 2 fully saturated rings. The van der Waals surface area contributed by atoms with Crippen LogP contribution < -0.4 is 5.32 Å². The van der Waals surface area contributed by atoms with E-state index in [-0.39, 0.29) is 5.60 Å². The second-order valence-corrected chi connectivity index (χ2v) is 3.76. The number of rotatable bonds is 1. The molecule has 74 valence electrons. The van der Waals surface area contributed by atoms with E-state index in [1.165, 1.54) is 4.90 Å². The molecule has 0 unspecified atom stereocenters. The van der Waals surface area contributed by atoms with Crippen LogP contribution in [0, 0.1) is 5.92 Å². The first-order valence-electron chi connectivity index (χ1n) is 4.42. The Morgan fingerprint density at radius 1 is 1.77 bits per heavy atom. The van der Waals surface area contributed by atoms with E-state index in [0.29, 0.717) is 19.0 Å². The van der Waals surface area contributed by atoms with Crippen molar-refractivity contribution < 1.29 is 14.6 Å². The third-order valence-corrected chi connectivity index (χ3v) is 3.14. The summed E-state index contributed by atoms with van der Waals surface area (Å²) >= 11 is 0. The van der Waals surface area contributed by atoms with Gasteiger partial charge in [0.05, 0.1) is 6.54 Å². The summed E-state index contributed by atoms with van der Waals surface area (Å²) in [5.41, 5.74) is -0.265. The molecule has 5 heteroatoms. The van der Waals surface area contributed by atoms with Crippen LogP contribution in [0.15, 0.2) is 0 Å². The van der Waals surface area contributed by atoms with Gasteiger partial charge < -0.3 is 20.1 Å². The third kappa shape index (κ3) is 1.19. The lowest BCUT2D eigenvalue weighted by atomic mass is 9.95. The molecule has 2 aliphatic heterocycles. The van der Waals surface area contributed by atoms with Crippen molar-refractivity contribution in [2.24, 2.45) is 5.92 Å². The molecular formula is C8H14N2O3. The number of carboxylic acid groups (broad SMARTS) is 1. The molecule has 0 radical (unpaired) electrons. The first-order valence-corrected chi connectivity index (χ1v) is 4.42. The van der Waals surface area contributed by atoms with Gasteiger partial charge in [-0.3, -0.25) is 0 Å². The van der Waals surface area contributed by atoms with Crippen LogP contribution in [0.25, 0.3) is 0 Å². The lowest BCUT2D eigenvalue weighted by Gasteiger charge is -2.25. The normalized spacial score (nSPS) is 37.9. The molecule has 2 rings (SSSR count). The van der Waals surface area contributed by atoms with E-state index >= 15 is 0 Å². The quantitative estimate of drug-likeness (QED) is 0.584. The largest absolute Gasteiger partial charge is 0.465 e. The van der Waals surface area contributed by atoms with E-state index in [4.69, 9.17) is 9.84 Å². The summed E-state index contributed by atoms with van der Waals surface area (Å²) in [6, 6.07) is 0. The van der Waals surface area contributed by atoms with Gasteiger partial charge >= 0.3 is 6.09 Å². The maximum atomic E-state index is 10.7. The molecule has 0 bridgehead atoms. The minimum Gasteiger partial charge on any atom is -0.465 e. The predicted octanol–water partition coefficient (Wildman–Crippen LogP) is -0.415. The molecule has 1 amide bonds. The summed E-state index contributed by atoms with van der Waals surface area (Å²) in [4.78, 5) is 12.2. The Morgan fingerprint density at radius 3 is 3.08 bits per heavy atom. The number of likely N-dealkylation sites (tertiary alicyclic amines) is 1. The van der Waals surface area contributed by atoms with Crippen molar-refractivity contribution in [1.29, 1.82) is 0 Å². The Kier molecular flexibility index (Phi) is 1.92. The smallest absolute Gasteiger partial charge is 0.407 e. The van der Waals surface area contributed by atoms with Crippen molar-refractivity contribution >= 4 is 6.09 Å². The van der Waals surface area contributed by atoms with Gasteiger partial charge in [0.2, 0.25) is 0 Å². The summed E-state index contributed by atoms with van der Waals surface area (Å²) in [5, 5.41) is 12.1. The van der Waals surface area contributed by atoms with Crippen LogP contribution in [-0.4, -0.2) is 55.0 Å². The zero-order valence-electron chi connectivity index (χ0n) is 7.62. The van der Waals surface area contributed by atoms with E-state index in [9.17, 15) is 4.79 Å². The van der Waals surface area contributed by atoms with Gasteiger partial charge in [0.15, 0.2) is 0 Å². The summed E-state index contributed by atoms with van der Waals surface area (Å²) in [7, 11) is 1.66. The molecule has 2 atom stereocenters. The van der Waals surface area contributed by atoms with E-state index in [1.807, 2.05) is 0 Å². The molecule has 0 aromatic carbocycles. The fourth-order valence-corrected chi connectivity index (χ4v) is 2.31. The highest BCUT2D eigenvalue weighted by Gasteiger charge is 2.51. The Morgan fingerprint density at radius 2 is 2.54 bits per heavy atom. The summed E-state index contributed by atoms with van der Waals surface area (Å²) < 4.78 is 5.44. The number of fused-ring (bicyclic) bond motifs is 1. The molecule has 13 heavy (non-hydrogen) atoms. The van der Waals surface area contributed by atoms with Crippen LogP contribution in [0.5, 0.6) is 0 Å². The van der Waals surface area contributed by atoms with Crippen molar-refractivity contribution in [2.75, 3.05) is 33.3 Å². The Balaban J connectivity index is 2.13. The first kappa shape index (κ1) is 8.77. The number of ether oxygens (including phenoxy) is 1. The SMILES string of the molecule is CO[C@]12CNC[C@@H]1CN(C(=O)O)C2. The van der Waals surface area contributed by atoms with E-state index in [1.54, 1.807) is 7.11 Å². The van der Waals surface area contributed by atoms with Crippen LogP contribution in [0.2, 0.25) is 0 Å². The highest BCUT2D eigenvalue weighted by molar-refractivity contribution is 5.65. The maximum absolute atomic E-state index is 10.7. The second-order valence-electron chi connectivity index (χ2n) is 3.76. The van der Waals surface area contributed by atoms with Crippen molar-refractivity contribution in [3.8, 4) is 0 Å². The molecule has 0 spiro atoms. The monoisotopic (exact) mass is 186 g/mol. The maximum Gasteiger partial charge on any atom is 0.407 e. The Labute approximate surface area is 76.7 Å². The number of amides is 1. The van der Waals surface area contributed by atoms with Crippen LogP contribution in [-0.2, 0) is 4.74 Å². The lowest BCUT2D eigenvalue weighted by molar-refractivity contribution is -0.00500. The molecule has 0 saturated carbocycles. The zero-order chi connectivity index (χ0) is 9.47. The Bertz CT molecular complexity index is 233. The van der Waals surface area contributed by atoms with Gasteiger partial charge in [-0.1, -0.05) is 0 Å². The van der Waals surface area contributed by atoms with Crippen LogP contribution in [0.4, 0.5) is 4.79 Å². The fourth-order valence-electron chi connectivity index (χ4n) is 2.31. The van der Waals surface area contributed by atoms with Gasteiger partial charge in [0.1, 0.15) is 5.60 Å². The van der Waals surface area contributed by atoms with E-state index < -0.39 is 6.09 Å². The number of methoxy groups -OCH3 is 1. The molecule has 0 aromatic rings. The van der Waals surface area contributed by atoms with Crippen LogP contribution >= 0.6 is 0 Å². The average Bonchev–Trinajstić information content (AvgIpc) is 2.58. The minimum absolute atomic E-state index is 0.265. The molecule has 2 heterocycles. The van der Waals surface area contributed by atoms with E-state index in [2.05, 4.69) is 5.32 Å². The molecular weight excluding hydrogens is 172 g/mol. The summed E-state index contributed by atoms with van der Waals surface area (Å²) in [5.74, 6) is 0.314. The van der Waals surface area contributed by atoms with Crippen molar-refractivity contribution in [2.45, 2.75) is 5.60 Å². The van der Waals surface area contributed by atoms with Crippen molar-refractivity contribution in [3.63, 3.8) is 0 Å². The van der Waals surface area contributed by atoms with Gasteiger partial charge in [-0.05, 0) is 0 Å². The zero-order valence-corrected chi connectivity index (χ0v) is 7.62. The predicted molar refractivity (Wildman–Crippen MR) is 45.7 cm³/mol. The molecule has 0 aliphatic carbocycles. The van der Waals surface area contributed by atoms with Crippen LogP contribution in [0.1, 0.15) is 0 Å². The Hall–Kier alpha value is -0.810. The third-order valence-electron chi connectivity index (χ3n) is 3.14. The molecule has 5 nitrogen and oxygen atoms in total. The highest BCUT2D eigenvalue weighted by Crippen LogP contribution is 2.33. The summed E-state index contributed by atoms with van der Waals surface area (Å²) in [6.45, 7) is 2.71. The van der Waals surface area contributed by atoms with Gasteiger partial charge in [0, 0.05) is 32.7 Å². The average molecular weight is 186 g/mol. The topological polar surface area (TPSA) is 61.8 Å². The van der Waals surface area contributed by atoms with Gasteiger partial charge in [-0.15, -0.1) is 0 Å². The van der Waals surface area contributed by atoms with E-state index in [0.717, 1.165) is 13.1 Å². The number of hydrogen-bond acceptors (Lipinski definition) is 3. The number of nitrogens with zero attached hydrogens (tertiary/aromatic N) is 1. The lowest BCUT2D eigenvalue weighted by Crippen LogP contribution is -2.42.